The molecule has 0 unspecified atom stereocenters. The monoisotopic (exact) mass is 738 g/mol. The Hall–Kier alpha value is -7.68. The van der Waals surface area contributed by atoms with Crippen LogP contribution in [0.25, 0.3) is 82.4 Å². The third kappa shape index (κ3) is 5.82. The fourth-order valence-electron chi connectivity index (χ4n) is 8.75. The van der Waals surface area contributed by atoms with Crippen LogP contribution in [0.1, 0.15) is 0 Å². The molecule has 10 aromatic carbocycles. The van der Waals surface area contributed by atoms with Crippen molar-refractivity contribution < 1.29 is 0 Å². The van der Waals surface area contributed by atoms with Gasteiger partial charge in [0.15, 0.2) is 0 Å². The molecule has 0 radical (unpaired) electrons. The summed E-state index contributed by atoms with van der Waals surface area (Å²) >= 11 is 0. The van der Waals surface area contributed by atoms with Crippen LogP contribution in [0.5, 0.6) is 0 Å². The van der Waals surface area contributed by atoms with Crippen molar-refractivity contribution in [2.75, 3.05) is 4.90 Å². The first-order valence-electron chi connectivity index (χ1n) is 19.9. The summed E-state index contributed by atoms with van der Waals surface area (Å²) in [7, 11) is 0. The number of aromatic nitrogens is 1. The van der Waals surface area contributed by atoms with Crippen molar-refractivity contribution in [3.63, 3.8) is 0 Å². The van der Waals surface area contributed by atoms with Crippen LogP contribution in [0.4, 0.5) is 17.1 Å². The lowest BCUT2D eigenvalue weighted by Gasteiger charge is -2.26. The fourth-order valence-corrected chi connectivity index (χ4v) is 8.75. The summed E-state index contributed by atoms with van der Waals surface area (Å²) in [6.07, 6.45) is 0. The van der Waals surface area contributed by atoms with Gasteiger partial charge in [-0.3, -0.25) is 0 Å². The molecule has 0 aliphatic rings. The summed E-state index contributed by atoms with van der Waals surface area (Å²) in [6, 6.07) is 83.7. The molecule has 0 saturated carbocycles. The number of anilines is 3. The van der Waals surface area contributed by atoms with Crippen LogP contribution in [0.2, 0.25) is 0 Å². The van der Waals surface area contributed by atoms with E-state index in [-0.39, 0.29) is 0 Å². The number of hydrogen-bond acceptors (Lipinski definition) is 1. The van der Waals surface area contributed by atoms with E-state index >= 15 is 0 Å². The zero-order valence-electron chi connectivity index (χ0n) is 31.8. The highest BCUT2D eigenvalue weighted by Gasteiger charge is 2.22. The van der Waals surface area contributed by atoms with Gasteiger partial charge < -0.3 is 9.47 Å². The van der Waals surface area contributed by atoms with Crippen LogP contribution >= 0.6 is 0 Å². The van der Waals surface area contributed by atoms with Gasteiger partial charge in [-0.15, -0.1) is 0 Å². The van der Waals surface area contributed by atoms with E-state index < -0.39 is 0 Å². The van der Waals surface area contributed by atoms with Gasteiger partial charge >= 0.3 is 0 Å². The molecule has 11 rings (SSSR count). The van der Waals surface area contributed by atoms with E-state index in [2.05, 4.69) is 240 Å². The molecule has 0 bridgehead atoms. The Bertz CT molecular complexity index is 3150. The second kappa shape index (κ2) is 14.1. The highest BCUT2D eigenvalue weighted by atomic mass is 15.1. The van der Waals surface area contributed by atoms with Gasteiger partial charge in [-0.1, -0.05) is 176 Å². The smallest absolute Gasteiger partial charge is 0.0625 e. The zero-order chi connectivity index (χ0) is 38.4. The predicted molar refractivity (Wildman–Crippen MR) is 247 cm³/mol. The van der Waals surface area contributed by atoms with E-state index in [9.17, 15) is 0 Å². The normalized spacial score (nSPS) is 11.4. The second-order valence-electron chi connectivity index (χ2n) is 15.0. The molecule has 0 amide bonds. The first-order valence-corrected chi connectivity index (χ1v) is 19.9. The van der Waals surface area contributed by atoms with E-state index in [4.69, 9.17) is 0 Å². The van der Waals surface area contributed by atoms with Crippen molar-refractivity contribution in [2.45, 2.75) is 0 Å². The van der Waals surface area contributed by atoms with E-state index in [0.29, 0.717) is 0 Å². The largest absolute Gasteiger partial charge is 0.310 e. The molecule has 0 aliphatic carbocycles. The summed E-state index contributed by atoms with van der Waals surface area (Å²) in [4.78, 5) is 2.39. The molecule has 0 saturated heterocycles. The molecule has 0 aliphatic heterocycles. The average Bonchev–Trinajstić information content (AvgIpc) is 3.65. The highest BCUT2D eigenvalue weighted by molar-refractivity contribution is 6.24. The molecule has 0 fully saturated rings. The van der Waals surface area contributed by atoms with E-state index in [0.717, 1.165) is 28.3 Å². The molecule has 1 aromatic heterocycles. The number of fused-ring (bicyclic) bond motifs is 6. The van der Waals surface area contributed by atoms with Gasteiger partial charge in [0.1, 0.15) is 0 Å². The van der Waals surface area contributed by atoms with Crippen LogP contribution in [0.3, 0.4) is 0 Å². The Kier molecular flexibility index (Phi) is 8.19. The van der Waals surface area contributed by atoms with Crippen molar-refractivity contribution in [2.24, 2.45) is 0 Å². The standard InChI is InChI=1S/C56H38N2/c1-4-14-39(15-5-1)42-24-29-47(30-25-42)57(48-31-26-43(27-32-48)40-16-6-2-7-17-40)50-34-35-52-54(38-50)58(49-33-28-41-18-10-11-21-45(41)36-49)56-51-23-13-12-22-46(51)37-53(55(52)56)44-19-8-3-9-20-44/h1-38H. The highest BCUT2D eigenvalue weighted by Crippen LogP contribution is 2.45. The lowest BCUT2D eigenvalue weighted by Crippen LogP contribution is -2.10. The van der Waals surface area contributed by atoms with Crippen molar-refractivity contribution in [3.8, 4) is 39.1 Å². The van der Waals surface area contributed by atoms with Gasteiger partial charge in [0.05, 0.1) is 11.0 Å². The maximum absolute atomic E-state index is 2.50. The van der Waals surface area contributed by atoms with Gasteiger partial charge in [0.2, 0.25) is 0 Å². The average molecular weight is 739 g/mol. The summed E-state index contributed by atoms with van der Waals surface area (Å²) < 4.78 is 2.50. The molecule has 1 heterocycles. The Morgan fingerprint density at radius 2 is 0.810 bits per heavy atom. The Morgan fingerprint density at radius 1 is 0.310 bits per heavy atom. The van der Waals surface area contributed by atoms with Gasteiger partial charge in [-0.2, -0.15) is 0 Å². The lowest BCUT2D eigenvalue weighted by atomic mass is 9.95. The summed E-state index contributed by atoms with van der Waals surface area (Å²) in [6.45, 7) is 0. The first-order chi connectivity index (χ1) is 28.8. The molecule has 58 heavy (non-hydrogen) atoms. The molecule has 11 aromatic rings. The number of rotatable bonds is 7. The van der Waals surface area contributed by atoms with Crippen molar-refractivity contribution >= 4 is 60.4 Å². The van der Waals surface area contributed by atoms with E-state index in [1.165, 1.54) is 71.2 Å². The Balaban J connectivity index is 1.19. The van der Waals surface area contributed by atoms with Crippen LogP contribution in [0.15, 0.2) is 231 Å². The second-order valence-corrected chi connectivity index (χ2v) is 15.0. The quantitative estimate of drug-likeness (QED) is 0.158. The molecule has 0 N–H and O–H groups in total. The SMILES string of the molecule is c1ccc(-c2ccc(N(c3ccc(-c4ccccc4)cc3)c3ccc4c5c(-c6ccccc6)cc6ccccc6c5n(-c5ccc6ccccc6c5)c4c3)cc2)cc1. The van der Waals surface area contributed by atoms with Gasteiger partial charge in [-0.05, 0) is 104 Å². The van der Waals surface area contributed by atoms with Gasteiger partial charge in [0.25, 0.3) is 0 Å². The third-order valence-corrected chi connectivity index (χ3v) is 11.5. The van der Waals surface area contributed by atoms with E-state index in [1.807, 2.05) is 0 Å². The molecule has 2 heteroatoms. The minimum Gasteiger partial charge on any atom is -0.310 e. The van der Waals surface area contributed by atoms with E-state index in [1.54, 1.807) is 0 Å². The predicted octanol–water partition coefficient (Wildman–Crippen LogP) is 15.6. The minimum absolute atomic E-state index is 1.09. The molecule has 0 spiro atoms. The summed E-state index contributed by atoms with van der Waals surface area (Å²) in [5.74, 6) is 0. The molecular weight excluding hydrogens is 701 g/mol. The van der Waals surface area contributed by atoms with Crippen LogP contribution in [-0.4, -0.2) is 4.57 Å². The third-order valence-electron chi connectivity index (χ3n) is 11.5. The summed E-state index contributed by atoms with van der Waals surface area (Å²) in [5.41, 5.74) is 14.0. The first kappa shape index (κ1) is 33.6. The van der Waals surface area contributed by atoms with Gasteiger partial charge in [0, 0.05) is 38.9 Å². The minimum atomic E-state index is 1.09. The van der Waals surface area contributed by atoms with Crippen molar-refractivity contribution in [3.05, 3.63) is 231 Å². The van der Waals surface area contributed by atoms with Gasteiger partial charge in [-0.25, -0.2) is 0 Å². The molecule has 272 valence electrons. The number of benzene rings is 10. The molecular formula is C56H38N2. The lowest BCUT2D eigenvalue weighted by molar-refractivity contribution is 1.19. The van der Waals surface area contributed by atoms with Crippen LogP contribution < -0.4 is 4.90 Å². The Morgan fingerprint density at radius 3 is 1.43 bits per heavy atom. The fraction of sp³-hybridized carbons (Fsp3) is 0. The molecule has 0 atom stereocenters. The van der Waals surface area contributed by atoms with Crippen LogP contribution in [-0.2, 0) is 0 Å². The summed E-state index contributed by atoms with van der Waals surface area (Å²) in [5, 5.41) is 7.37. The topological polar surface area (TPSA) is 8.17 Å². The molecule has 2 nitrogen and oxygen atoms in total. The maximum atomic E-state index is 2.50. The van der Waals surface area contributed by atoms with Crippen molar-refractivity contribution in [1.29, 1.82) is 0 Å². The Labute approximate surface area is 338 Å². The van der Waals surface area contributed by atoms with Crippen molar-refractivity contribution in [1.82, 2.24) is 4.57 Å². The van der Waals surface area contributed by atoms with Crippen LogP contribution in [0, 0.1) is 0 Å². The maximum Gasteiger partial charge on any atom is 0.0625 e. The zero-order valence-corrected chi connectivity index (χ0v) is 31.8. The number of hydrogen-bond donors (Lipinski definition) is 0. The number of nitrogens with zero attached hydrogens (tertiary/aromatic N) is 2.